The zero-order valence-electron chi connectivity index (χ0n) is 21.0. The number of hydrogen-bond acceptors (Lipinski definition) is 6. The van der Waals surface area contributed by atoms with Gasteiger partial charge in [-0.15, -0.1) is 0 Å². The molecule has 3 aromatic rings. The van der Waals surface area contributed by atoms with Gasteiger partial charge in [0.25, 0.3) is 11.5 Å². The smallest absolute Gasteiger partial charge is 0.270 e. The van der Waals surface area contributed by atoms with E-state index in [4.69, 9.17) is 4.11 Å². The lowest BCUT2D eigenvalue weighted by atomic mass is 10.1. The number of benzene rings is 1. The van der Waals surface area contributed by atoms with E-state index in [1.165, 1.54) is 0 Å². The minimum absolute atomic E-state index is 0.0725. The highest BCUT2D eigenvalue weighted by atomic mass is 16.1. The number of carbonyl (C=O) groups excluding carboxylic acids is 1. The number of piperazine rings is 1. The van der Waals surface area contributed by atoms with Crippen LogP contribution in [0.1, 0.15) is 50.3 Å². The van der Waals surface area contributed by atoms with Crippen molar-refractivity contribution in [2.75, 3.05) is 38.1 Å². The van der Waals surface area contributed by atoms with Crippen LogP contribution in [0.15, 0.2) is 35.1 Å². The summed E-state index contributed by atoms with van der Waals surface area (Å²) in [6, 6.07) is 9.47. The Morgan fingerprint density at radius 3 is 2.72 bits per heavy atom. The molecule has 1 amide bonds. The van der Waals surface area contributed by atoms with Crippen molar-refractivity contribution in [2.24, 2.45) is 0 Å². The monoisotopic (exact) mass is 435 g/mol. The first kappa shape index (κ1) is 17.3. The summed E-state index contributed by atoms with van der Waals surface area (Å²) in [5.74, 6) is -0.388. The van der Waals surface area contributed by atoms with E-state index < -0.39 is 12.9 Å². The molecule has 1 aliphatic carbocycles. The number of nitrogens with zero attached hydrogens (tertiary/aromatic N) is 4. The lowest BCUT2D eigenvalue weighted by Crippen LogP contribution is -2.46. The van der Waals surface area contributed by atoms with Crippen LogP contribution in [0.2, 0.25) is 0 Å². The quantitative estimate of drug-likeness (QED) is 0.638. The standard InChI is InChI=1S/C24H28N6O2/c1-15-21(8-7-19(26-15)23(31)25-2)30-11-9-29(10-12-30)14-16-3-6-18-20(13-16)28-24(32)22(27-18)17-4-5-17/h3,6-8,13,17H,4-5,9-12,14H2,1-2H3,(H,25,31)(H,28,32)/i2D3. The summed E-state index contributed by atoms with van der Waals surface area (Å²) in [7, 11) is 0. The predicted molar refractivity (Wildman–Crippen MR) is 124 cm³/mol. The molecule has 8 nitrogen and oxygen atoms in total. The lowest BCUT2D eigenvalue weighted by molar-refractivity contribution is 0.0958. The molecule has 0 bridgehead atoms. The number of aromatic amines is 1. The first-order valence-corrected chi connectivity index (χ1v) is 11.0. The van der Waals surface area contributed by atoms with Gasteiger partial charge in [0, 0.05) is 49.7 Å². The summed E-state index contributed by atoms with van der Waals surface area (Å²) in [6.07, 6.45) is 2.09. The third-order valence-electron chi connectivity index (χ3n) is 6.27. The normalized spacial score (nSPS) is 18.8. The molecule has 2 aliphatic rings. The van der Waals surface area contributed by atoms with Crippen LogP contribution >= 0.6 is 0 Å². The average Bonchev–Trinajstić information content (AvgIpc) is 3.63. The van der Waals surface area contributed by atoms with Crippen LogP contribution in [0.3, 0.4) is 0 Å². The topological polar surface area (TPSA) is 94.2 Å². The van der Waals surface area contributed by atoms with Gasteiger partial charge in [-0.25, -0.2) is 9.97 Å². The molecule has 1 aromatic carbocycles. The highest BCUT2D eigenvalue weighted by molar-refractivity contribution is 5.92. The molecule has 0 unspecified atom stereocenters. The van der Waals surface area contributed by atoms with Gasteiger partial charge < -0.3 is 15.2 Å². The summed E-state index contributed by atoms with van der Waals surface area (Å²) < 4.78 is 21.6. The van der Waals surface area contributed by atoms with Crippen LogP contribution in [0, 0.1) is 6.92 Å². The molecule has 2 N–H and O–H groups in total. The van der Waals surface area contributed by atoms with Gasteiger partial charge in [0.15, 0.2) is 0 Å². The molecule has 1 saturated carbocycles. The number of fused-ring (bicyclic) bond motifs is 1. The van der Waals surface area contributed by atoms with E-state index >= 15 is 0 Å². The zero-order valence-corrected chi connectivity index (χ0v) is 18.0. The molecular formula is C24H28N6O2. The first-order valence-electron chi connectivity index (χ1n) is 12.5. The van der Waals surface area contributed by atoms with Crippen molar-refractivity contribution < 1.29 is 8.91 Å². The van der Waals surface area contributed by atoms with E-state index in [0.717, 1.165) is 67.8 Å². The minimum atomic E-state index is -2.54. The number of rotatable bonds is 5. The van der Waals surface area contributed by atoms with Gasteiger partial charge in [-0.2, -0.15) is 0 Å². The van der Waals surface area contributed by atoms with Crippen LogP contribution in [0.5, 0.6) is 0 Å². The number of carbonyl (C=O) groups is 1. The van der Waals surface area contributed by atoms with Gasteiger partial charge in [0.1, 0.15) is 11.4 Å². The van der Waals surface area contributed by atoms with E-state index in [9.17, 15) is 9.59 Å². The summed E-state index contributed by atoms with van der Waals surface area (Å²) >= 11 is 0. The summed E-state index contributed by atoms with van der Waals surface area (Å²) in [6.45, 7) is 3.38. The maximum Gasteiger partial charge on any atom is 0.270 e. The fourth-order valence-corrected chi connectivity index (χ4v) is 4.36. The van der Waals surface area contributed by atoms with Crippen molar-refractivity contribution in [3.8, 4) is 0 Å². The van der Waals surface area contributed by atoms with Gasteiger partial charge >= 0.3 is 0 Å². The van der Waals surface area contributed by atoms with Crippen molar-refractivity contribution in [1.29, 1.82) is 0 Å². The molecule has 1 aliphatic heterocycles. The highest BCUT2D eigenvalue weighted by Gasteiger charge is 2.28. The van der Waals surface area contributed by atoms with Gasteiger partial charge in [-0.05, 0) is 49.6 Å². The van der Waals surface area contributed by atoms with Crippen LogP contribution in [-0.4, -0.2) is 58.9 Å². The summed E-state index contributed by atoms with van der Waals surface area (Å²) in [5, 5.41) is 1.97. The highest BCUT2D eigenvalue weighted by Crippen LogP contribution is 2.37. The van der Waals surface area contributed by atoms with Gasteiger partial charge in [-0.3, -0.25) is 14.5 Å². The fourth-order valence-electron chi connectivity index (χ4n) is 4.36. The van der Waals surface area contributed by atoms with E-state index in [2.05, 4.69) is 30.8 Å². The second-order valence-corrected chi connectivity index (χ2v) is 8.60. The van der Waals surface area contributed by atoms with E-state index in [0.29, 0.717) is 17.3 Å². The number of pyridine rings is 1. The van der Waals surface area contributed by atoms with E-state index in [1.807, 2.05) is 30.4 Å². The average molecular weight is 436 g/mol. The van der Waals surface area contributed by atoms with Crippen molar-refractivity contribution in [3.05, 3.63) is 63.3 Å². The minimum Gasteiger partial charge on any atom is -0.368 e. The second-order valence-electron chi connectivity index (χ2n) is 8.60. The van der Waals surface area contributed by atoms with Crippen molar-refractivity contribution in [2.45, 2.75) is 32.2 Å². The van der Waals surface area contributed by atoms with Crippen LogP contribution in [-0.2, 0) is 6.54 Å². The Hall–Kier alpha value is -3.26. The Morgan fingerprint density at radius 2 is 2.00 bits per heavy atom. The molecule has 3 heterocycles. The number of hydrogen-bond donors (Lipinski definition) is 2. The predicted octanol–water partition coefficient (Wildman–Crippen LogP) is 2.19. The number of aryl methyl sites for hydroxylation is 1. The third kappa shape index (κ3) is 4.10. The van der Waals surface area contributed by atoms with E-state index in [1.54, 1.807) is 6.07 Å². The molecule has 0 spiro atoms. The SMILES string of the molecule is [2H]C([2H])([2H])NC(=O)c1ccc(N2CCN(Cc3ccc4nc(C5CC5)c(=O)[nH]c4c3)CC2)c(C)n1. The largest absolute Gasteiger partial charge is 0.368 e. The summed E-state index contributed by atoms with van der Waals surface area (Å²) in [4.78, 5) is 40.9. The number of H-pyrrole nitrogens is 1. The van der Waals surface area contributed by atoms with Gasteiger partial charge in [0.2, 0.25) is 0 Å². The summed E-state index contributed by atoms with van der Waals surface area (Å²) in [5.41, 5.74) is 5.05. The molecule has 8 heteroatoms. The third-order valence-corrected chi connectivity index (χ3v) is 6.27. The first-order chi connectivity index (χ1) is 16.7. The van der Waals surface area contributed by atoms with Crippen molar-refractivity contribution in [1.82, 2.24) is 25.2 Å². The molecule has 166 valence electrons. The number of anilines is 1. The molecule has 0 atom stereocenters. The fraction of sp³-hybridized carbons (Fsp3) is 0.417. The molecule has 2 aromatic heterocycles. The Bertz CT molecular complexity index is 1330. The number of amides is 1. The van der Waals surface area contributed by atoms with Crippen LogP contribution in [0.4, 0.5) is 5.69 Å². The molecule has 5 rings (SSSR count). The van der Waals surface area contributed by atoms with Gasteiger partial charge in [0.05, 0.1) is 22.4 Å². The van der Waals surface area contributed by atoms with Crippen molar-refractivity contribution in [3.63, 3.8) is 0 Å². The van der Waals surface area contributed by atoms with Crippen molar-refractivity contribution >= 4 is 22.6 Å². The van der Waals surface area contributed by atoms with Crippen LogP contribution in [0.25, 0.3) is 11.0 Å². The number of aromatic nitrogens is 3. The Balaban J connectivity index is 1.21. The second kappa shape index (κ2) is 8.35. The maximum atomic E-state index is 12.3. The Morgan fingerprint density at radius 1 is 1.19 bits per heavy atom. The van der Waals surface area contributed by atoms with Gasteiger partial charge in [-0.1, -0.05) is 6.07 Å². The molecule has 2 fully saturated rings. The molecular weight excluding hydrogens is 404 g/mol. The Labute approximate surface area is 190 Å². The zero-order chi connectivity index (χ0) is 24.7. The lowest BCUT2D eigenvalue weighted by Gasteiger charge is -2.36. The molecule has 1 saturated heterocycles. The Kier molecular flexibility index (Phi) is 4.52. The molecule has 0 radical (unpaired) electrons. The van der Waals surface area contributed by atoms with E-state index in [-0.39, 0.29) is 11.3 Å². The molecule has 32 heavy (non-hydrogen) atoms. The number of nitrogens with one attached hydrogen (secondary N) is 2. The van der Waals surface area contributed by atoms with Crippen LogP contribution < -0.4 is 15.8 Å². The maximum absolute atomic E-state index is 12.3.